The van der Waals surface area contributed by atoms with Crippen LogP contribution in [0.3, 0.4) is 0 Å². The van der Waals surface area contributed by atoms with Gasteiger partial charge in [-0.2, -0.15) is 13.2 Å². The van der Waals surface area contributed by atoms with Gasteiger partial charge in [-0.3, -0.25) is 4.79 Å². The Bertz CT molecular complexity index is 374. The van der Waals surface area contributed by atoms with E-state index in [2.05, 4.69) is 0 Å². The molecule has 16 heavy (non-hydrogen) atoms. The number of benzene rings is 1. The van der Waals surface area contributed by atoms with E-state index in [1.54, 1.807) is 0 Å². The molecule has 88 valence electrons. The quantitative estimate of drug-likeness (QED) is 0.809. The predicted octanol–water partition coefficient (Wildman–Crippen LogP) is 2.63. The van der Waals surface area contributed by atoms with Gasteiger partial charge in [0.2, 0.25) is 0 Å². The molecular weight excluding hydrogens is 219 g/mol. The van der Waals surface area contributed by atoms with Gasteiger partial charge in [0.05, 0.1) is 5.56 Å². The van der Waals surface area contributed by atoms with Crippen LogP contribution in [0.2, 0.25) is 0 Å². The van der Waals surface area contributed by atoms with Gasteiger partial charge in [-0.15, -0.1) is 0 Å². The van der Waals surface area contributed by atoms with Crippen molar-refractivity contribution in [1.29, 1.82) is 0 Å². The van der Waals surface area contributed by atoms with Gasteiger partial charge in [0.1, 0.15) is 0 Å². The lowest BCUT2D eigenvalue weighted by Crippen LogP contribution is -2.08. The summed E-state index contributed by atoms with van der Waals surface area (Å²) < 4.78 is 37.1. The van der Waals surface area contributed by atoms with Gasteiger partial charge < -0.3 is 5.73 Å². The fourth-order valence-electron chi connectivity index (χ4n) is 1.28. The summed E-state index contributed by atoms with van der Waals surface area (Å²) >= 11 is 0. The molecule has 0 saturated heterocycles. The first-order valence-corrected chi connectivity index (χ1v) is 4.85. The maximum absolute atomic E-state index is 12.4. The third kappa shape index (κ3) is 3.34. The molecule has 0 heterocycles. The lowest BCUT2D eigenvalue weighted by molar-refractivity contribution is -0.137. The van der Waals surface area contributed by atoms with Crippen molar-refractivity contribution in [2.24, 2.45) is 5.73 Å². The molecule has 1 rings (SSSR count). The highest BCUT2D eigenvalue weighted by Gasteiger charge is 2.30. The molecular formula is C11H12F3NO. The van der Waals surface area contributed by atoms with E-state index in [9.17, 15) is 18.0 Å². The maximum atomic E-state index is 12.4. The number of hydrogen-bond acceptors (Lipinski definition) is 2. The highest BCUT2D eigenvalue weighted by molar-refractivity contribution is 5.96. The summed E-state index contributed by atoms with van der Waals surface area (Å²) in [5.41, 5.74) is 4.51. The number of hydrogen-bond donors (Lipinski definition) is 1. The Hall–Kier alpha value is -1.36. The van der Waals surface area contributed by atoms with E-state index in [1.165, 1.54) is 12.1 Å². The van der Waals surface area contributed by atoms with Gasteiger partial charge in [0.15, 0.2) is 5.78 Å². The molecule has 0 aromatic heterocycles. The van der Waals surface area contributed by atoms with Crippen LogP contribution in [-0.4, -0.2) is 12.3 Å². The van der Waals surface area contributed by atoms with Crippen molar-refractivity contribution in [2.45, 2.75) is 19.0 Å². The first-order valence-electron chi connectivity index (χ1n) is 4.85. The highest BCUT2D eigenvalue weighted by atomic mass is 19.4. The number of halogens is 3. The van der Waals surface area contributed by atoms with Crippen molar-refractivity contribution in [3.8, 4) is 0 Å². The molecule has 2 N–H and O–H groups in total. The molecule has 0 amide bonds. The summed E-state index contributed by atoms with van der Waals surface area (Å²) in [5, 5.41) is 0. The average Bonchev–Trinajstić information content (AvgIpc) is 2.25. The standard InChI is InChI=1S/C11H12F3NO/c12-11(13,14)9-4-1-3-8(7-9)10(16)5-2-6-15/h1,3-4,7H,2,5-6,15H2. The van der Waals surface area contributed by atoms with Crippen LogP contribution in [0.25, 0.3) is 0 Å². The van der Waals surface area contributed by atoms with Crippen molar-refractivity contribution in [3.05, 3.63) is 35.4 Å². The van der Waals surface area contributed by atoms with Crippen LogP contribution in [0, 0.1) is 0 Å². The van der Waals surface area contributed by atoms with Crippen molar-refractivity contribution in [2.75, 3.05) is 6.54 Å². The number of rotatable bonds is 4. The number of carbonyl (C=O) groups is 1. The summed E-state index contributed by atoms with van der Waals surface area (Å²) in [6.07, 6.45) is -3.75. The van der Waals surface area contributed by atoms with Crippen LogP contribution < -0.4 is 5.73 Å². The second-order valence-electron chi connectivity index (χ2n) is 3.39. The van der Waals surface area contributed by atoms with Crippen molar-refractivity contribution in [1.82, 2.24) is 0 Å². The number of nitrogens with two attached hydrogens (primary N) is 1. The monoisotopic (exact) mass is 231 g/mol. The lowest BCUT2D eigenvalue weighted by atomic mass is 10.0. The molecule has 0 saturated carbocycles. The second-order valence-corrected chi connectivity index (χ2v) is 3.39. The Kier molecular flexibility index (Phi) is 4.06. The Labute approximate surface area is 91.3 Å². The fraction of sp³-hybridized carbons (Fsp3) is 0.364. The Morgan fingerprint density at radius 2 is 2.00 bits per heavy atom. The largest absolute Gasteiger partial charge is 0.416 e. The minimum atomic E-state index is -4.41. The molecule has 0 aliphatic carbocycles. The van der Waals surface area contributed by atoms with E-state index in [0.717, 1.165) is 12.1 Å². The molecule has 0 bridgehead atoms. The normalized spacial score (nSPS) is 11.5. The maximum Gasteiger partial charge on any atom is 0.416 e. The average molecular weight is 231 g/mol. The van der Waals surface area contributed by atoms with Crippen molar-refractivity contribution < 1.29 is 18.0 Å². The molecule has 0 unspecified atom stereocenters. The molecule has 2 nitrogen and oxygen atoms in total. The summed E-state index contributed by atoms with van der Waals surface area (Å²) in [4.78, 5) is 11.5. The summed E-state index contributed by atoms with van der Waals surface area (Å²) in [7, 11) is 0. The summed E-state index contributed by atoms with van der Waals surface area (Å²) in [6, 6.07) is 4.44. The van der Waals surface area contributed by atoms with Gasteiger partial charge in [-0.1, -0.05) is 12.1 Å². The van der Waals surface area contributed by atoms with Gasteiger partial charge >= 0.3 is 6.18 Å². The topological polar surface area (TPSA) is 43.1 Å². The van der Waals surface area contributed by atoms with Crippen LogP contribution >= 0.6 is 0 Å². The van der Waals surface area contributed by atoms with Gasteiger partial charge in [-0.05, 0) is 25.1 Å². The van der Waals surface area contributed by atoms with E-state index in [-0.39, 0.29) is 17.8 Å². The summed E-state index contributed by atoms with van der Waals surface area (Å²) in [5.74, 6) is -0.309. The Balaban J connectivity index is 2.86. The van der Waals surface area contributed by atoms with Gasteiger partial charge in [-0.25, -0.2) is 0 Å². The summed E-state index contributed by atoms with van der Waals surface area (Å²) in [6.45, 7) is 0.352. The molecule has 0 radical (unpaired) electrons. The Morgan fingerprint density at radius 1 is 1.31 bits per heavy atom. The number of carbonyl (C=O) groups excluding carboxylic acids is 1. The lowest BCUT2D eigenvalue weighted by Gasteiger charge is -2.07. The van der Waals surface area contributed by atoms with Crippen LogP contribution in [0.5, 0.6) is 0 Å². The number of Topliss-reactive ketones (excluding diaryl/α,β-unsaturated/α-hetero) is 1. The third-order valence-electron chi connectivity index (χ3n) is 2.12. The Morgan fingerprint density at radius 3 is 2.56 bits per heavy atom. The minimum Gasteiger partial charge on any atom is -0.330 e. The van der Waals surface area contributed by atoms with Crippen LogP contribution in [0.1, 0.15) is 28.8 Å². The first-order chi connectivity index (χ1) is 7.45. The third-order valence-corrected chi connectivity index (χ3v) is 2.12. The van der Waals surface area contributed by atoms with Gasteiger partial charge in [0, 0.05) is 12.0 Å². The molecule has 0 aliphatic rings. The van der Waals surface area contributed by atoms with E-state index in [1.807, 2.05) is 0 Å². The van der Waals surface area contributed by atoms with E-state index >= 15 is 0 Å². The predicted molar refractivity (Wildman–Crippen MR) is 54.1 cm³/mol. The first kappa shape index (κ1) is 12.7. The van der Waals surface area contributed by atoms with Crippen molar-refractivity contribution >= 4 is 5.78 Å². The van der Waals surface area contributed by atoms with Crippen LogP contribution in [-0.2, 0) is 6.18 Å². The van der Waals surface area contributed by atoms with E-state index in [4.69, 9.17) is 5.73 Å². The SMILES string of the molecule is NCCCC(=O)c1cccc(C(F)(F)F)c1. The van der Waals surface area contributed by atoms with Crippen molar-refractivity contribution in [3.63, 3.8) is 0 Å². The fourth-order valence-corrected chi connectivity index (χ4v) is 1.28. The highest BCUT2D eigenvalue weighted by Crippen LogP contribution is 2.29. The molecule has 0 atom stereocenters. The van der Waals surface area contributed by atoms with E-state index < -0.39 is 11.7 Å². The molecule has 1 aromatic rings. The zero-order valence-electron chi connectivity index (χ0n) is 8.55. The van der Waals surface area contributed by atoms with E-state index in [0.29, 0.717) is 13.0 Å². The van der Waals surface area contributed by atoms with Crippen LogP contribution in [0.15, 0.2) is 24.3 Å². The number of ketones is 1. The zero-order chi connectivity index (χ0) is 12.2. The van der Waals surface area contributed by atoms with Crippen LogP contribution in [0.4, 0.5) is 13.2 Å². The second kappa shape index (κ2) is 5.12. The molecule has 5 heteroatoms. The molecule has 0 spiro atoms. The molecule has 1 aromatic carbocycles. The minimum absolute atomic E-state index is 0.0864. The molecule has 0 aliphatic heterocycles. The van der Waals surface area contributed by atoms with Gasteiger partial charge in [0.25, 0.3) is 0 Å². The smallest absolute Gasteiger partial charge is 0.330 e. The zero-order valence-corrected chi connectivity index (χ0v) is 8.55. The molecule has 0 fully saturated rings. The number of alkyl halides is 3.